The molecule has 9 heavy (non-hydrogen) atoms. The molecule has 54 valence electrons. The summed E-state index contributed by atoms with van der Waals surface area (Å²) < 4.78 is 0. The number of hydrogen-bond acceptors (Lipinski definition) is 1. The average molecular weight is 129 g/mol. The van der Waals surface area contributed by atoms with Gasteiger partial charge in [0.1, 0.15) is 0 Å². The topological polar surface area (TPSA) is 27.5 Å². The van der Waals surface area contributed by atoms with Crippen molar-refractivity contribution in [3.05, 3.63) is 17.5 Å². The maximum absolute atomic E-state index is 10.3. The maximum atomic E-state index is 10.3. The first-order chi connectivity index (χ1) is 4.27. The second-order valence-corrected chi connectivity index (χ2v) is 2.16. The first kappa shape index (κ1) is 8.66. The zero-order valence-corrected chi connectivity index (χ0v) is 6.18. The van der Waals surface area contributed by atoms with Gasteiger partial charge in [0.05, 0.1) is 13.2 Å². The van der Waals surface area contributed by atoms with Crippen molar-refractivity contribution < 1.29 is 5.06 Å². The lowest BCUT2D eigenvalue weighted by Gasteiger charge is -2.07. The van der Waals surface area contributed by atoms with E-state index in [1.165, 1.54) is 12.8 Å². The molecule has 2 nitrogen and oxygen atoms in total. The van der Waals surface area contributed by atoms with Crippen molar-refractivity contribution in [3.63, 3.8) is 0 Å². The molecule has 0 fully saturated rings. The normalized spacial score (nSPS) is 14.6. The molecular weight excluding hydrogens is 114 g/mol. The van der Waals surface area contributed by atoms with E-state index in [1.54, 1.807) is 13.2 Å². The fourth-order valence-corrected chi connectivity index (χ4v) is 0.571. The van der Waals surface area contributed by atoms with Crippen molar-refractivity contribution in [2.24, 2.45) is 0 Å². The molecule has 0 rings (SSSR count). The van der Waals surface area contributed by atoms with Gasteiger partial charge < -0.3 is 10.3 Å². The second kappa shape index (κ2) is 5.79. The van der Waals surface area contributed by atoms with E-state index in [0.717, 1.165) is 6.42 Å². The van der Waals surface area contributed by atoms with Crippen LogP contribution in [-0.4, -0.2) is 7.05 Å². The second-order valence-electron chi connectivity index (χ2n) is 2.16. The van der Waals surface area contributed by atoms with Crippen LogP contribution < -0.4 is 5.06 Å². The van der Waals surface area contributed by atoms with E-state index in [0.29, 0.717) is 0 Å². The molecule has 0 aliphatic carbocycles. The van der Waals surface area contributed by atoms with Crippen molar-refractivity contribution >= 4 is 0 Å². The van der Waals surface area contributed by atoms with Crippen LogP contribution in [0.2, 0.25) is 0 Å². The number of hydrogen-bond donors (Lipinski definition) is 1. The van der Waals surface area contributed by atoms with Gasteiger partial charge in [-0.05, 0) is 18.9 Å². The molecule has 1 unspecified atom stereocenters. The number of unbranched alkanes of at least 4 members (excludes halogenated alkanes) is 2. The third-order valence-corrected chi connectivity index (χ3v) is 1.08. The molecule has 0 spiro atoms. The lowest BCUT2D eigenvalue weighted by atomic mass is 10.2. The Labute approximate surface area is 56.7 Å². The van der Waals surface area contributed by atoms with Gasteiger partial charge in [-0.1, -0.05) is 13.3 Å². The Hall–Kier alpha value is -0.340. The van der Waals surface area contributed by atoms with E-state index in [9.17, 15) is 5.21 Å². The lowest BCUT2D eigenvalue weighted by Crippen LogP contribution is -2.98. The van der Waals surface area contributed by atoms with Gasteiger partial charge in [-0.15, -0.1) is 0 Å². The minimum absolute atomic E-state index is 0.145. The Bertz CT molecular complexity index is 79.0. The molecule has 0 radical (unpaired) electrons. The zero-order chi connectivity index (χ0) is 7.11. The highest BCUT2D eigenvalue weighted by Gasteiger charge is 1.78. The number of quaternary nitrogens is 1. The van der Waals surface area contributed by atoms with E-state index >= 15 is 0 Å². The van der Waals surface area contributed by atoms with Crippen molar-refractivity contribution in [2.45, 2.75) is 26.2 Å². The monoisotopic (exact) mass is 129 g/mol. The number of rotatable bonds is 4. The van der Waals surface area contributed by atoms with Crippen LogP contribution in [0.3, 0.4) is 0 Å². The van der Waals surface area contributed by atoms with E-state index in [1.807, 2.05) is 6.08 Å². The van der Waals surface area contributed by atoms with E-state index < -0.39 is 0 Å². The molecule has 1 N–H and O–H groups in total. The minimum atomic E-state index is 0.145. The van der Waals surface area contributed by atoms with Crippen molar-refractivity contribution in [3.8, 4) is 0 Å². The van der Waals surface area contributed by atoms with Gasteiger partial charge in [0.25, 0.3) is 0 Å². The molecule has 0 aromatic heterocycles. The van der Waals surface area contributed by atoms with Gasteiger partial charge >= 0.3 is 0 Å². The largest absolute Gasteiger partial charge is 0.629 e. The predicted octanol–water partition coefficient (Wildman–Crippen LogP) is 0.703. The van der Waals surface area contributed by atoms with Crippen molar-refractivity contribution in [1.82, 2.24) is 0 Å². The number of hydroxylamine groups is 2. The quantitative estimate of drug-likeness (QED) is 0.439. The van der Waals surface area contributed by atoms with Crippen LogP contribution in [0.1, 0.15) is 26.2 Å². The fraction of sp³-hybridized carbons (Fsp3) is 0.714. The minimum Gasteiger partial charge on any atom is -0.629 e. The van der Waals surface area contributed by atoms with Gasteiger partial charge in [-0.25, -0.2) is 0 Å². The highest BCUT2D eigenvalue weighted by Crippen LogP contribution is 1.92. The Kier molecular flexibility index (Phi) is 5.57. The summed E-state index contributed by atoms with van der Waals surface area (Å²) >= 11 is 0. The predicted molar refractivity (Wildman–Crippen MR) is 38.9 cm³/mol. The van der Waals surface area contributed by atoms with E-state index in [4.69, 9.17) is 0 Å². The summed E-state index contributed by atoms with van der Waals surface area (Å²) in [4.78, 5) is 0. The van der Waals surface area contributed by atoms with Gasteiger partial charge in [-0.3, -0.25) is 0 Å². The molecule has 0 amide bonds. The zero-order valence-electron chi connectivity index (χ0n) is 6.18. The highest BCUT2D eigenvalue weighted by atomic mass is 16.5. The smallest absolute Gasteiger partial charge is 0.0899 e. The van der Waals surface area contributed by atoms with Crippen molar-refractivity contribution in [2.75, 3.05) is 7.05 Å². The molecule has 0 saturated carbocycles. The van der Waals surface area contributed by atoms with Gasteiger partial charge in [0.2, 0.25) is 0 Å². The van der Waals surface area contributed by atoms with Crippen LogP contribution in [0, 0.1) is 5.21 Å². The average Bonchev–Trinajstić information content (AvgIpc) is 1.80. The van der Waals surface area contributed by atoms with Crippen LogP contribution in [0.5, 0.6) is 0 Å². The van der Waals surface area contributed by atoms with Crippen LogP contribution >= 0.6 is 0 Å². The summed E-state index contributed by atoms with van der Waals surface area (Å²) in [5.41, 5.74) is 0. The summed E-state index contributed by atoms with van der Waals surface area (Å²) in [5, 5.41) is 10.5. The Morgan fingerprint density at radius 2 is 2.22 bits per heavy atom. The first-order valence-electron chi connectivity index (χ1n) is 3.44. The third-order valence-electron chi connectivity index (χ3n) is 1.08. The summed E-state index contributed by atoms with van der Waals surface area (Å²) in [6.45, 7) is 2.14. The van der Waals surface area contributed by atoms with Crippen LogP contribution in [0.15, 0.2) is 12.3 Å². The molecule has 0 bridgehead atoms. The Morgan fingerprint density at radius 1 is 1.56 bits per heavy atom. The standard InChI is InChI=1S/C7H15NO/c1-3-4-5-6-7-8(2)9/h6-8H,3-5H2,1-2H3/b7-6+. The molecular formula is C7H15NO. The van der Waals surface area contributed by atoms with Gasteiger partial charge in [0.15, 0.2) is 0 Å². The van der Waals surface area contributed by atoms with Crippen LogP contribution in [0.25, 0.3) is 0 Å². The Balaban J connectivity index is 3.04. The van der Waals surface area contributed by atoms with Crippen molar-refractivity contribution in [1.29, 1.82) is 0 Å². The highest BCUT2D eigenvalue weighted by molar-refractivity contribution is 4.70. The third kappa shape index (κ3) is 7.66. The van der Waals surface area contributed by atoms with Gasteiger partial charge in [0, 0.05) is 0 Å². The fourth-order valence-electron chi connectivity index (χ4n) is 0.571. The molecule has 0 saturated heterocycles. The van der Waals surface area contributed by atoms with E-state index in [2.05, 4.69) is 6.92 Å². The summed E-state index contributed by atoms with van der Waals surface area (Å²) in [6.07, 6.45) is 6.99. The lowest BCUT2D eigenvalue weighted by molar-refractivity contribution is -0.766. The number of allylic oxidation sites excluding steroid dienone is 1. The number of nitrogens with one attached hydrogen (secondary N) is 1. The molecule has 0 aliphatic rings. The molecule has 2 heteroatoms. The molecule has 1 atom stereocenters. The maximum Gasteiger partial charge on any atom is 0.0899 e. The molecule has 0 aromatic rings. The molecule has 0 aromatic carbocycles. The molecule has 0 heterocycles. The SMILES string of the molecule is CCCC/C=C/[NH+](C)[O-]. The van der Waals surface area contributed by atoms with Crippen LogP contribution in [-0.2, 0) is 0 Å². The summed E-state index contributed by atoms with van der Waals surface area (Å²) in [5.74, 6) is 0. The first-order valence-corrected chi connectivity index (χ1v) is 3.44. The Morgan fingerprint density at radius 3 is 2.67 bits per heavy atom. The van der Waals surface area contributed by atoms with E-state index in [-0.39, 0.29) is 5.06 Å². The van der Waals surface area contributed by atoms with Gasteiger partial charge in [-0.2, -0.15) is 0 Å². The summed E-state index contributed by atoms with van der Waals surface area (Å²) in [6, 6.07) is 0. The van der Waals surface area contributed by atoms with Crippen LogP contribution in [0.4, 0.5) is 0 Å². The molecule has 0 aliphatic heterocycles. The summed E-state index contributed by atoms with van der Waals surface area (Å²) in [7, 11) is 1.57.